The van der Waals surface area contributed by atoms with Gasteiger partial charge in [0.1, 0.15) is 5.82 Å². The van der Waals surface area contributed by atoms with Gasteiger partial charge in [0.15, 0.2) is 17.2 Å². The lowest BCUT2D eigenvalue weighted by molar-refractivity contribution is 0.102. The van der Waals surface area contributed by atoms with Gasteiger partial charge in [-0.1, -0.05) is 17.3 Å². The summed E-state index contributed by atoms with van der Waals surface area (Å²) < 4.78 is 25.8. The fourth-order valence-electron chi connectivity index (χ4n) is 2.80. The molecule has 0 unspecified atom stereocenters. The van der Waals surface area contributed by atoms with Gasteiger partial charge in [-0.25, -0.2) is 9.07 Å². The van der Waals surface area contributed by atoms with E-state index in [2.05, 4.69) is 15.6 Å². The van der Waals surface area contributed by atoms with Crippen molar-refractivity contribution in [3.05, 3.63) is 65.2 Å². The number of carbonyl (C=O) groups is 1. The van der Waals surface area contributed by atoms with Gasteiger partial charge in [-0.2, -0.15) is 0 Å². The van der Waals surface area contributed by atoms with Crippen molar-refractivity contribution < 1.29 is 23.8 Å². The minimum atomic E-state index is -0.887. The van der Waals surface area contributed by atoms with E-state index >= 15 is 0 Å². The van der Waals surface area contributed by atoms with Gasteiger partial charge in [0.2, 0.25) is 6.79 Å². The number of aliphatic hydroxyl groups is 1. The topological polar surface area (TPSA) is 98.5 Å². The number of fused-ring (bicyclic) bond motifs is 1. The van der Waals surface area contributed by atoms with E-state index in [1.807, 2.05) is 0 Å². The number of hydrogen-bond acceptors (Lipinski definition) is 6. The normalized spacial score (nSPS) is 13.4. The number of nitrogens with zero attached hydrogens (tertiary/aromatic N) is 3. The summed E-state index contributed by atoms with van der Waals surface area (Å²) in [4.78, 5) is 12.3. The van der Waals surface area contributed by atoms with Crippen molar-refractivity contribution in [2.24, 2.45) is 0 Å². The molecule has 8 nitrogen and oxygen atoms in total. The summed E-state index contributed by atoms with van der Waals surface area (Å²) in [6, 6.07) is 9.64. The largest absolute Gasteiger partial charge is 0.454 e. The van der Waals surface area contributed by atoms with Crippen LogP contribution in [0.2, 0.25) is 0 Å². The summed E-state index contributed by atoms with van der Waals surface area (Å²) >= 11 is 0. The van der Waals surface area contributed by atoms with E-state index in [0.29, 0.717) is 17.1 Å². The number of amides is 1. The molecule has 1 atom stereocenters. The van der Waals surface area contributed by atoms with Gasteiger partial charge in [-0.05, 0) is 42.3 Å². The molecule has 144 valence electrons. The maximum absolute atomic E-state index is 13.9. The van der Waals surface area contributed by atoms with Crippen molar-refractivity contribution in [1.29, 1.82) is 0 Å². The first-order valence-corrected chi connectivity index (χ1v) is 8.55. The minimum absolute atomic E-state index is 0.0119. The number of aryl methyl sites for hydroxylation is 1. The lowest BCUT2D eigenvalue weighted by Crippen LogP contribution is -2.13. The molecule has 1 amide bonds. The molecule has 0 bridgehead atoms. The standard InChI is InChI=1S/C19H17FN4O4/c1-11-2-4-14(13(20)6-11)21-19(26)15-8-24(23-22-15)9-16(25)12-3-5-17-18(7-12)28-10-27-17/h2-8,16,25H,9-10H2,1H3,(H,21,26)/t16-/m1/s1. The van der Waals surface area contributed by atoms with Gasteiger partial charge in [-0.3, -0.25) is 4.79 Å². The highest BCUT2D eigenvalue weighted by atomic mass is 19.1. The van der Waals surface area contributed by atoms with Gasteiger partial charge < -0.3 is 19.9 Å². The van der Waals surface area contributed by atoms with E-state index < -0.39 is 17.8 Å². The number of anilines is 1. The van der Waals surface area contributed by atoms with Gasteiger partial charge >= 0.3 is 0 Å². The van der Waals surface area contributed by atoms with Crippen LogP contribution in [0.4, 0.5) is 10.1 Å². The Morgan fingerprint density at radius 1 is 1.29 bits per heavy atom. The number of rotatable bonds is 5. The second kappa shape index (κ2) is 7.28. The first-order valence-electron chi connectivity index (χ1n) is 8.55. The van der Waals surface area contributed by atoms with Crippen LogP contribution in [-0.4, -0.2) is 32.8 Å². The Bertz CT molecular complexity index is 1040. The number of benzene rings is 2. The molecular formula is C19H17FN4O4. The maximum atomic E-state index is 13.9. The average Bonchev–Trinajstić information content (AvgIpc) is 3.32. The molecule has 0 saturated carbocycles. The Morgan fingerprint density at radius 3 is 2.93 bits per heavy atom. The van der Waals surface area contributed by atoms with E-state index in [4.69, 9.17) is 9.47 Å². The highest BCUT2D eigenvalue weighted by Gasteiger charge is 2.18. The first-order chi connectivity index (χ1) is 13.5. The molecule has 2 N–H and O–H groups in total. The van der Waals surface area contributed by atoms with Crippen molar-refractivity contribution in [1.82, 2.24) is 15.0 Å². The Morgan fingerprint density at radius 2 is 2.11 bits per heavy atom. The maximum Gasteiger partial charge on any atom is 0.277 e. The third-order valence-corrected chi connectivity index (χ3v) is 4.29. The van der Waals surface area contributed by atoms with E-state index in [1.165, 1.54) is 23.0 Å². The third-order valence-electron chi connectivity index (χ3n) is 4.29. The Labute approximate surface area is 159 Å². The van der Waals surface area contributed by atoms with E-state index in [-0.39, 0.29) is 24.7 Å². The van der Waals surface area contributed by atoms with Crippen molar-refractivity contribution in [3.63, 3.8) is 0 Å². The molecule has 3 aromatic rings. The molecule has 2 heterocycles. The zero-order valence-corrected chi connectivity index (χ0v) is 14.9. The van der Waals surface area contributed by atoms with Gasteiger partial charge in [0.25, 0.3) is 5.91 Å². The predicted molar refractivity (Wildman–Crippen MR) is 96.6 cm³/mol. The van der Waals surface area contributed by atoms with Crippen molar-refractivity contribution in [2.45, 2.75) is 19.6 Å². The fraction of sp³-hybridized carbons (Fsp3) is 0.211. The van der Waals surface area contributed by atoms with E-state index in [1.54, 1.807) is 31.2 Å². The number of hydrogen-bond donors (Lipinski definition) is 2. The molecule has 0 saturated heterocycles. The monoisotopic (exact) mass is 384 g/mol. The number of halogens is 1. The molecule has 0 radical (unpaired) electrons. The minimum Gasteiger partial charge on any atom is -0.454 e. The molecular weight excluding hydrogens is 367 g/mol. The van der Waals surface area contributed by atoms with Gasteiger partial charge in [-0.15, -0.1) is 5.10 Å². The molecule has 0 aliphatic carbocycles. The molecule has 0 spiro atoms. The average molecular weight is 384 g/mol. The fourth-order valence-corrected chi connectivity index (χ4v) is 2.80. The van der Waals surface area contributed by atoms with Gasteiger partial charge in [0, 0.05) is 0 Å². The highest BCUT2D eigenvalue weighted by molar-refractivity contribution is 6.02. The van der Waals surface area contributed by atoms with Crippen LogP contribution in [0.1, 0.15) is 27.7 Å². The summed E-state index contributed by atoms with van der Waals surface area (Å²) in [5.74, 6) is 0.0693. The third kappa shape index (κ3) is 3.65. The lowest BCUT2D eigenvalue weighted by atomic mass is 10.1. The molecule has 0 fully saturated rings. The van der Waals surface area contributed by atoms with Crippen LogP contribution < -0.4 is 14.8 Å². The van der Waals surface area contributed by atoms with Crippen molar-refractivity contribution in [2.75, 3.05) is 12.1 Å². The van der Waals surface area contributed by atoms with Crippen LogP contribution >= 0.6 is 0 Å². The number of nitrogens with one attached hydrogen (secondary N) is 1. The quantitative estimate of drug-likeness (QED) is 0.701. The Hall–Kier alpha value is -3.46. The summed E-state index contributed by atoms with van der Waals surface area (Å²) in [7, 11) is 0. The van der Waals surface area contributed by atoms with E-state index in [9.17, 15) is 14.3 Å². The molecule has 1 aromatic heterocycles. The molecule has 4 rings (SSSR count). The highest BCUT2D eigenvalue weighted by Crippen LogP contribution is 2.34. The van der Waals surface area contributed by atoms with Crippen LogP contribution in [0, 0.1) is 12.7 Å². The van der Waals surface area contributed by atoms with Crippen molar-refractivity contribution in [3.8, 4) is 11.5 Å². The summed E-state index contributed by atoms with van der Waals surface area (Å²) in [5, 5.41) is 20.5. The molecule has 28 heavy (non-hydrogen) atoms. The smallest absolute Gasteiger partial charge is 0.277 e. The van der Waals surface area contributed by atoms with Crippen molar-refractivity contribution >= 4 is 11.6 Å². The van der Waals surface area contributed by atoms with Crippen LogP contribution in [0.25, 0.3) is 0 Å². The van der Waals surface area contributed by atoms with E-state index in [0.717, 1.165) is 5.56 Å². The van der Waals surface area contributed by atoms with Crippen LogP contribution in [0.15, 0.2) is 42.6 Å². The van der Waals surface area contributed by atoms with Gasteiger partial charge in [0.05, 0.1) is 24.5 Å². The molecule has 9 heteroatoms. The second-order valence-corrected chi connectivity index (χ2v) is 6.39. The molecule has 1 aliphatic heterocycles. The number of ether oxygens (including phenoxy) is 2. The number of aromatic nitrogens is 3. The number of carbonyl (C=O) groups excluding carboxylic acids is 1. The van der Waals surface area contributed by atoms with Crippen LogP contribution in [0.3, 0.4) is 0 Å². The lowest BCUT2D eigenvalue weighted by Gasteiger charge is -2.11. The summed E-state index contributed by atoms with van der Waals surface area (Å²) in [6.45, 7) is 1.99. The SMILES string of the molecule is Cc1ccc(NC(=O)c2cn(C[C@@H](O)c3ccc4c(c3)OCO4)nn2)c(F)c1. The van der Waals surface area contributed by atoms with Crippen LogP contribution in [-0.2, 0) is 6.54 Å². The second-order valence-electron chi connectivity index (χ2n) is 6.39. The Balaban J connectivity index is 1.43. The number of aliphatic hydroxyl groups excluding tert-OH is 1. The van der Waals surface area contributed by atoms with Crippen LogP contribution in [0.5, 0.6) is 11.5 Å². The zero-order valence-electron chi connectivity index (χ0n) is 14.9. The predicted octanol–water partition coefficient (Wildman–Crippen LogP) is 2.44. The first kappa shape index (κ1) is 17.9. The zero-order chi connectivity index (χ0) is 19.7. The molecule has 1 aliphatic rings. The summed E-state index contributed by atoms with van der Waals surface area (Å²) in [5.41, 5.74) is 1.44. The Kier molecular flexibility index (Phi) is 4.66. The molecule has 2 aromatic carbocycles. The summed E-state index contributed by atoms with van der Waals surface area (Å²) in [6.07, 6.45) is 0.499.